The smallest absolute Gasteiger partial charge is 0.304 e. The van der Waals surface area contributed by atoms with Gasteiger partial charge in [0.15, 0.2) is 0 Å². The van der Waals surface area contributed by atoms with Crippen LogP contribution in [0.3, 0.4) is 0 Å². The number of carboxylic acids is 3. The molecule has 0 aromatic rings. The summed E-state index contributed by atoms with van der Waals surface area (Å²) in [5.74, 6) is -2.72. The van der Waals surface area contributed by atoms with E-state index in [2.05, 4.69) is 0 Å². The van der Waals surface area contributed by atoms with Crippen LogP contribution in [0.1, 0.15) is 25.7 Å². The summed E-state index contributed by atoms with van der Waals surface area (Å²) in [5, 5.41) is 26.2. The maximum absolute atomic E-state index is 10.8. The Labute approximate surface area is 108 Å². The number of hydrogen-bond acceptors (Lipinski definition) is 4. The van der Waals surface area contributed by atoms with Gasteiger partial charge in [0.05, 0.1) is 6.42 Å². The second-order valence-corrected chi connectivity index (χ2v) is 5.84. The van der Waals surface area contributed by atoms with E-state index in [4.69, 9.17) is 15.3 Å². The fraction of sp³-hybridized carbons (Fsp3) is 0.727. The number of thioether (sulfide) groups is 1. The molecular formula is C11H16O6S. The van der Waals surface area contributed by atoms with E-state index < -0.39 is 17.9 Å². The van der Waals surface area contributed by atoms with Crippen molar-refractivity contribution >= 4 is 29.7 Å². The predicted molar refractivity (Wildman–Crippen MR) is 64.6 cm³/mol. The van der Waals surface area contributed by atoms with Gasteiger partial charge in [-0.25, -0.2) is 0 Å². The van der Waals surface area contributed by atoms with Gasteiger partial charge in [0.2, 0.25) is 0 Å². The third-order valence-electron chi connectivity index (χ3n) is 3.05. The minimum Gasteiger partial charge on any atom is -0.481 e. The highest BCUT2D eigenvalue weighted by molar-refractivity contribution is 8.00. The lowest BCUT2D eigenvalue weighted by Crippen LogP contribution is -2.32. The third-order valence-corrected chi connectivity index (χ3v) is 4.51. The molecule has 18 heavy (non-hydrogen) atoms. The zero-order chi connectivity index (χ0) is 13.7. The molecule has 1 rings (SSSR count). The van der Waals surface area contributed by atoms with Crippen LogP contribution in [-0.4, -0.2) is 44.2 Å². The Morgan fingerprint density at radius 3 is 1.89 bits per heavy atom. The molecule has 1 aliphatic heterocycles. The lowest BCUT2D eigenvalue weighted by atomic mass is 9.83. The van der Waals surface area contributed by atoms with Crippen LogP contribution in [0.4, 0.5) is 0 Å². The van der Waals surface area contributed by atoms with Crippen LogP contribution in [0.15, 0.2) is 0 Å². The van der Waals surface area contributed by atoms with Crippen molar-refractivity contribution in [2.75, 3.05) is 5.75 Å². The van der Waals surface area contributed by atoms with Gasteiger partial charge in [-0.2, -0.15) is 11.8 Å². The summed E-state index contributed by atoms with van der Waals surface area (Å²) in [5.41, 5.74) is 0. The average Bonchev–Trinajstić information content (AvgIpc) is 2.19. The van der Waals surface area contributed by atoms with Gasteiger partial charge in [0.1, 0.15) is 0 Å². The summed E-state index contributed by atoms with van der Waals surface area (Å²) >= 11 is 1.44. The molecule has 0 aromatic carbocycles. The van der Waals surface area contributed by atoms with E-state index in [0.717, 1.165) is 0 Å². The van der Waals surface area contributed by atoms with E-state index in [0.29, 0.717) is 12.2 Å². The Kier molecular flexibility index (Phi) is 5.46. The van der Waals surface area contributed by atoms with Gasteiger partial charge in [-0.05, 0) is 24.0 Å². The molecule has 0 saturated carbocycles. The number of hydrogen-bond donors (Lipinski definition) is 3. The highest BCUT2D eigenvalue weighted by Gasteiger charge is 2.34. The fourth-order valence-electron chi connectivity index (χ4n) is 2.26. The van der Waals surface area contributed by atoms with Crippen molar-refractivity contribution in [3.05, 3.63) is 0 Å². The Hall–Kier alpha value is -1.24. The van der Waals surface area contributed by atoms with Crippen molar-refractivity contribution in [2.24, 2.45) is 11.8 Å². The van der Waals surface area contributed by atoms with E-state index in [9.17, 15) is 14.4 Å². The molecule has 1 saturated heterocycles. The maximum Gasteiger partial charge on any atom is 0.304 e. The molecule has 102 valence electrons. The maximum atomic E-state index is 10.8. The summed E-state index contributed by atoms with van der Waals surface area (Å²) in [7, 11) is 0. The molecule has 1 aliphatic rings. The quantitative estimate of drug-likeness (QED) is 0.667. The van der Waals surface area contributed by atoms with Crippen molar-refractivity contribution in [3.8, 4) is 0 Å². The first-order chi connectivity index (χ1) is 8.38. The molecule has 6 nitrogen and oxygen atoms in total. The molecule has 0 bridgehead atoms. The van der Waals surface area contributed by atoms with Crippen LogP contribution in [0, 0.1) is 11.8 Å². The molecule has 7 heteroatoms. The summed E-state index contributed by atoms with van der Waals surface area (Å²) < 4.78 is 0. The first kappa shape index (κ1) is 14.8. The van der Waals surface area contributed by atoms with Crippen molar-refractivity contribution in [3.63, 3.8) is 0 Å². The molecule has 1 fully saturated rings. The SMILES string of the molecule is O=C(O)CC1CC(CC(=O)O)C(CC(=O)O)CS1. The largest absolute Gasteiger partial charge is 0.481 e. The predicted octanol–water partition coefficient (Wildman–Crippen LogP) is 1.15. The molecular weight excluding hydrogens is 260 g/mol. The van der Waals surface area contributed by atoms with Gasteiger partial charge in [0, 0.05) is 18.1 Å². The molecule has 0 aromatic heterocycles. The highest BCUT2D eigenvalue weighted by atomic mass is 32.2. The first-order valence-corrected chi connectivity index (χ1v) is 6.70. The lowest BCUT2D eigenvalue weighted by molar-refractivity contribution is -0.142. The fourth-order valence-corrected chi connectivity index (χ4v) is 3.81. The van der Waals surface area contributed by atoms with Crippen molar-refractivity contribution < 1.29 is 29.7 Å². The van der Waals surface area contributed by atoms with E-state index >= 15 is 0 Å². The van der Waals surface area contributed by atoms with E-state index in [1.807, 2.05) is 0 Å². The number of rotatable bonds is 6. The van der Waals surface area contributed by atoms with Gasteiger partial charge < -0.3 is 15.3 Å². The Morgan fingerprint density at radius 1 is 0.889 bits per heavy atom. The molecule has 0 aliphatic carbocycles. The van der Waals surface area contributed by atoms with Crippen LogP contribution >= 0.6 is 11.8 Å². The number of aliphatic carboxylic acids is 3. The second-order valence-electron chi connectivity index (χ2n) is 4.50. The zero-order valence-electron chi connectivity index (χ0n) is 9.74. The molecule has 0 spiro atoms. The minimum absolute atomic E-state index is 0.000573. The van der Waals surface area contributed by atoms with Crippen LogP contribution in [-0.2, 0) is 14.4 Å². The summed E-state index contributed by atoms with van der Waals surface area (Å²) in [6.07, 6.45) is 0.321. The van der Waals surface area contributed by atoms with E-state index in [1.54, 1.807) is 0 Å². The third kappa shape index (κ3) is 4.95. The minimum atomic E-state index is -0.962. The molecule has 3 N–H and O–H groups in total. The molecule has 1 heterocycles. The summed E-state index contributed by atoms with van der Waals surface area (Å²) in [6, 6.07) is 0. The van der Waals surface area contributed by atoms with E-state index in [-0.39, 0.29) is 36.3 Å². The average molecular weight is 276 g/mol. The molecule has 0 amide bonds. The standard InChI is InChI=1S/C11H16O6S/c12-9(13)2-6-1-8(4-11(16)17)18-5-7(6)3-10(14)15/h6-8H,1-5H2,(H,12,13)(H,14,15)(H,16,17). The summed E-state index contributed by atoms with van der Waals surface area (Å²) in [4.78, 5) is 32.1. The number of carbonyl (C=O) groups is 3. The van der Waals surface area contributed by atoms with Crippen molar-refractivity contribution in [2.45, 2.75) is 30.9 Å². The monoisotopic (exact) mass is 276 g/mol. The zero-order valence-corrected chi connectivity index (χ0v) is 10.6. The summed E-state index contributed by atoms with van der Waals surface area (Å²) in [6.45, 7) is 0. The van der Waals surface area contributed by atoms with Crippen LogP contribution < -0.4 is 0 Å². The lowest BCUT2D eigenvalue weighted by Gasteiger charge is -2.33. The first-order valence-electron chi connectivity index (χ1n) is 5.65. The van der Waals surface area contributed by atoms with Gasteiger partial charge in [-0.1, -0.05) is 0 Å². The molecule has 3 atom stereocenters. The highest BCUT2D eigenvalue weighted by Crippen LogP contribution is 2.39. The Balaban J connectivity index is 2.62. The van der Waals surface area contributed by atoms with Crippen LogP contribution in [0.2, 0.25) is 0 Å². The van der Waals surface area contributed by atoms with Gasteiger partial charge in [0.25, 0.3) is 0 Å². The van der Waals surface area contributed by atoms with Crippen LogP contribution in [0.25, 0.3) is 0 Å². The second kappa shape index (κ2) is 6.63. The van der Waals surface area contributed by atoms with Gasteiger partial charge >= 0.3 is 17.9 Å². The Morgan fingerprint density at radius 2 is 1.39 bits per heavy atom. The topological polar surface area (TPSA) is 112 Å². The van der Waals surface area contributed by atoms with E-state index in [1.165, 1.54) is 11.8 Å². The van der Waals surface area contributed by atoms with Gasteiger partial charge in [-0.15, -0.1) is 0 Å². The normalized spacial score (nSPS) is 27.7. The molecule has 0 radical (unpaired) electrons. The molecule has 3 unspecified atom stereocenters. The van der Waals surface area contributed by atoms with Crippen LogP contribution in [0.5, 0.6) is 0 Å². The van der Waals surface area contributed by atoms with Gasteiger partial charge in [-0.3, -0.25) is 14.4 Å². The number of carboxylic acid groups (broad SMARTS) is 3. The van der Waals surface area contributed by atoms with Crippen molar-refractivity contribution in [1.82, 2.24) is 0 Å². The van der Waals surface area contributed by atoms with Crippen molar-refractivity contribution in [1.29, 1.82) is 0 Å². The Bertz CT molecular complexity index is 342.